The zero-order valence-electron chi connectivity index (χ0n) is 10.9. The third kappa shape index (κ3) is 1.87. The van der Waals surface area contributed by atoms with Crippen molar-refractivity contribution in [3.05, 3.63) is 54.0 Å². The maximum absolute atomic E-state index is 13.2. The van der Waals surface area contributed by atoms with Crippen LogP contribution < -0.4 is 4.72 Å². The summed E-state index contributed by atoms with van der Waals surface area (Å²) in [5, 5.41) is 0.908. The van der Waals surface area contributed by atoms with Gasteiger partial charge in [-0.05, 0) is 41.5 Å². The smallest absolute Gasteiger partial charge is 0.241 e. The van der Waals surface area contributed by atoms with Crippen LogP contribution in [0.15, 0.2) is 47.5 Å². The number of hydrogen-bond donors (Lipinski definition) is 2. The summed E-state index contributed by atoms with van der Waals surface area (Å²) in [6.07, 6.45) is 1.81. The van der Waals surface area contributed by atoms with Crippen LogP contribution in [0, 0.1) is 5.82 Å². The Morgan fingerprint density at radius 2 is 1.95 bits per heavy atom. The Bertz CT molecular complexity index is 977. The van der Waals surface area contributed by atoms with Crippen molar-refractivity contribution in [3.8, 4) is 11.1 Å². The van der Waals surface area contributed by atoms with Gasteiger partial charge < -0.3 is 4.98 Å². The number of H-pyrrole nitrogens is 1. The Balaban J connectivity index is 1.91. The van der Waals surface area contributed by atoms with Crippen molar-refractivity contribution in [2.75, 3.05) is 0 Å². The molecule has 2 N–H and O–H groups in total. The molecule has 3 aromatic rings. The van der Waals surface area contributed by atoms with E-state index in [9.17, 15) is 12.8 Å². The van der Waals surface area contributed by atoms with E-state index >= 15 is 0 Å². The van der Waals surface area contributed by atoms with Crippen LogP contribution in [0.1, 0.15) is 5.56 Å². The Kier molecular flexibility index (Phi) is 2.49. The summed E-state index contributed by atoms with van der Waals surface area (Å²) >= 11 is 0. The summed E-state index contributed by atoms with van der Waals surface area (Å²) in [7, 11) is -3.35. The zero-order valence-corrected chi connectivity index (χ0v) is 11.7. The normalized spacial score (nSPS) is 16.2. The van der Waals surface area contributed by atoms with Crippen molar-refractivity contribution in [1.29, 1.82) is 0 Å². The monoisotopic (exact) mass is 302 g/mol. The van der Waals surface area contributed by atoms with Gasteiger partial charge in [0.15, 0.2) is 0 Å². The van der Waals surface area contributed by atoms with Crippen LogP contribution >= 0.6 is 0 Å². The van der Waals surface area contributed by atoms with Crippen LogP contribution in [-0.2, 0) is 16.6 Å². The fourth-order valence-electron chi connectivity index (χ4n) is 2.74. The Hall–Kier alpha value is -2.18. The Morgan fingerprint density at radius 1 is 1.10 bits per heavy atom. The first-order valence-electron chi connectivity index (χ1n) is 6.44. The summed E-state index contributed by atoms with van der Waals surface area (Å²) in [6, 6.07) is 9.83. The summed E-state index contributed by atoms with van der Waals surface area (Å²) in [5.74, 6) is -0.292. The number of hydrogen-bond acceptors (Lipinski definition) is 2. The van der Waals surface area contributed by atoms with Crippen molar-refractivity contribution < 1.29 is 12.8 Å². The minimum absolute atomic E-state index is 0.292. The van der Waals surface area contributed by atoms with Gasteiger partial charge in [0.1, 0.15) is 5.82 Å². The van der Waals surface area contributed by atoms with Gasteiger partial charge in [-0.1, -0.05) is 6.07 Å². The third-order valence-corrected chi connectivity index (χ3v) is 5.26. The standard InChI is InChI=1S/C15H11FN2O2S/c16-11-2-3-12-13(8-17-14(12)6-11)9-1-4-15-10(5-9)7-18-21(15,19)20/h1-6,8,17-18H,7H2. The van der Waals surface area contributed by atoms with Crippen LogP contribution in [0.2, 0.25) is 0 Å². The second-order valence-corrected chi connectivity index (χ2v) is 6.77. The van der Waals surface area contributed by atoms with E-state index in [-0.39, 0.29) is 5.82 Å². The van der Waals surface area contributed by atoms with Crippen molar-refractivity contribution in [2.45, 2.75) is 11.4 Å². The van der Waals surface area contributed by atoms with E-state index in [4.69, 9.17) is 0 Å². The molecule has 4 nitrogen and oxygen atoms in total. The zero-order chi connectivity index (χ0) is 14.6. The fourth-order valence-corrected chi connectivity index (χ4v) is 3.96. The Morgan fingerprint density at radius 3 is 2.81 bits per heavy atom. The molecule has 1 aliphatic rings. The van der Waals surface area contributed by atoms with Gasteiger partial charge in [0, 0.05) is 29.2 Å². The van der Waals surface area contributed by atoms with E-state index in [1.807, 2.05) is 12.3 Å². The predicted molar refractivity (Wildman–Crippen MR) is 77.7 cm³/mol. The molecule has 0 fully saturated rings. The first kappa shape index (κ1) is 12.6. The Labute approximate surface area is 120 Å². The molecule has 1 aromatic heterocycles. The lowest BCUT2D eigenvalue weighted by Crippen LogP contribution is -2.13. The number of nitrogens with one attached hydrogen (secondary N) is 2. The first-order chi connectivity index (χ1) is 10.0. The van der Waals surface area contributed by atoms with Crippen LogP contribution in [0.5, 0.6) is 0 Å². The molecule has 0 amide bonds. The molecular formula is C15H11FN2O2S. The van der Waals surface area contributed by atoms with Crippen LogP contribution in [-0.4, -0.2) is 13.4 Å². The molecule has 0 atom stereocenters. The highest BCUT2D eigenvalue weighted by Gasteiger charge is 2.25. The van der Waals surface area contributed by atoms with Crippen molar-refractivity contribution in [1.82, 2.24) is 9.71 Å². The number of benzene rings is 2. The van der Waals surface area contributed by atoms with Gasteiger partial charge in [-0.2, -0.15) is 0 Å². The number of aromatic nitrogens is 1. The van der Waals surface area contributed by atoms with Gasteiger partial charge in [0.25, 0.3) is 0 Å². The average Bonchev–Trinajstić information content (AvgIpc) is 3.00. The molecule has 0 radical (unpaired) electrons. The molecule has 0 spiro atoms. The molecule has 0 unspecified atom stereocenters. The molecule has 0 saturated heterocycles. The quantitative estimate of drug-likeness (QED) is 0.726. The van der Waals surface area contributed by atoms with Crippen molar-refractivity contribution >= 4 is 20.9 Å². The van der Waals surface area contributed by atoms with Crippen LogP contribution in [0.3, 0.4) is 0 Å². The largest absolute Gasteiger partial charge is 0.360 e. The SMILES string of the molecule is O=S1(=O)NCc2cc(-c3c[nH]c4cc(F)ccc34)ccc21. The summed E-state index contributed by atoms with van der Waals surface area (Å²) in [4.78, 5) is 3.37. The topological polar surface area (TPSA) is 62.0 Å². The van der Waals surface area contributed by atoms with Crippen molar-refractivity contribution in [3.63, 3.8) is 0 Å². The fraction of sp³-hybridized carbons (Fsp3) is 0.0667. The third-order valence-electron chi connectivity index (χ3n) is 3.76. The van der Waals surface area contributed by atoms with Gasteiger partial charge in [-0.15, -0.1) is 0 Å². The second-order valence-electron chi connectivity index (χ2n) is 5.04. The lowest BCUT2D eigenvalue weighted by atomic mass is 10.0. The molecule has 6 heteroatoms. The average molecular weight is 302 g/mol. The van der Waals surface area contributed by atoms with Gasteiger partial charge in [0.05, 0.1) is 4.90 Å². The molecule has 4 rings (SSSR count). The summed E-state index contributed by atoms with van der Waals surface area (Å²) in [5.41, 5.74) is 3.31. The van der Waals surface area contributed by atoms with E-state index in [1.54, 1.807) is 18.2 Å². The molecule has 2 aromatic carbocycles. The highest BCUT2D eigenvalue weighted by atomic mass is 32.2. The van der Waals surface area contributed by atoms with E-state index in [0.717, 1.165) is 27.6 Å². The summed E-state index contributed by atoms with van der Waals surface area (Å²) < 4.78 is 39.2. The highest BCUT2D eigenvalue weighted by molar-refractivity contribution is 7.89. The minimum Gasteiger partial charge on any atom is -0.360 e. The maximum atomic E-state index is 13.2. The molecule has 2 heterocycles. The summed E-state index contributed by atoms with van der Waals surface area (Å²) in [6.45, 7) is 0.308. The second kappa shape index (κ2) is 4.16. The van der Waals surface area contributed by atoms with E-state index < -0.39 is 10.0 Å². The maximum Gasteiger partial charge on any atom is 0.241 e. The minimum atomic E-state index is -3.35. The van der Waals surface area contributed by atoms with E-state index in [1.165, 1.54) is 12.1 Å². The van der Waals surface area contributed by atoms with Crippen molar-refractivity contribution in [2.24, 2.45) is 0 Å². The molecular weight excluding hydrogens is 291 g/mol. The lowest BCUT2D eigenvalue weighted by Gasteiger charge is -2.03. The van der Waals surface area contributed by atoms with Gasteiger partial charge in [-0.25, -0.2) is 17.5 Å². The van der Waals surface area contributed by atoms with Gasteiger partial charge >= 0.3 is 0 Å². The van der Waals surface area contributed by atoms with Crippen LogP contribution in [0.4, 0.5) is 4.39 Å². The molecule has 1 aliphatic heterocycles. The number of aromatic amines is 1. The van der Waals surface area contributed by atoms with E-state index in [0.29, 0.717) is 11.4 Å². The molecule has 21 heavy (non-hydrogen) atoms. The van der Waals surface area contributed by atoms with Gasteiger partial charge in [-0.3, -0.25) is 0 Å². The molecule has 0 bridgehead atoms. The number of rotatable bonds is 1. The number of halogens is 1. The number of fused-ring (bicyclic) bond motifs is 2. The lowest BCUT2D eigenvalue weighted by molar-refractivity contribution is 0.589. The van der Waals surface area contributed by atoms with E-state index in [2.05, 4.69) is 9.71 Å². The number of sulfonamides is 1. The first-order valence-corrected chi connectivity index (χ1v) is 7.92. The highest BCUT2D eigenvalue weighted by Crippen LogP contribution is 2.32. The van der Waals surface area contributed by atoms with Gasteiger partial charge in [0.2, 0.25) is 10.0 Å². The molecule has 106 valence electrons. The predicted octanol–water partition coefficient (Wildman–Crippen LogP) is 2.77. The molecule has 0 aliphatic carbocycles. The van der Waals surface area contributed by atoms with Crippen LogP contribution in [0.25, 0.3) is 22.0 Å². The molecule has 0 saturated carbocycles.